The van der Waals surface area contributed by atoms with Gasteiger partial charge in [0.15, 0.2) is 4.96 Å². The maximum absolute atomic E-state index is 11.1. The molecule has 2 heterocycles. The molecule has 6 heteroatoms. The van der Waals surface area contributed by atoms with Gasteiger partial charge in [-0.2, -0.15) is 0 Å². The number of carbonyl (C=O) groups is 1. The van der Waals surface area contributed by atoms with Gasteiger partial charge in [0.1, 0.15) is 10.6 Å². The van der Waals surface area contributed by atoms with E-state index in [9.17, 15) is 4.79 Å². The average Bonchev–Trinajstić information content (AvgIpc) is 2.98. The first-order valence-electron chi connectivity index (χ1n) is 6.38. The first-order chi connectivity index (χ1) is 10.0. The molecule has 21 heavy (non-hydrogen) atoms. The molecule has 0 atom stereocenters. The number of fused-ring (bicyclic) bond motifs is 1. The second-order valence-corrected chi connectivity index (χ2v) is 5.76. The van der Waals surface area contributed by atoms with Crippen LogP contribution in [0.1, 0.15) is 20.9 Å². The summed E-state index contributed by atoms with van der Waals surface area (Å²) < 4.78 is 7.03. The Labute approximate surface area is 125 Å². The molecule has 0 aliphatic rings. The number of carboxylic acid groups (broad SMARTS) is 1. The number of nitrogens with zero attached hydrogens (tertiary/aromatic N) is 2. The number of hydrogen-bond donors (Lipinski definition) is 1. The van der Waals surface area contributed by atoms with Crippen molar-refractivity contribution in [1.82, 2.24) is 9.38 Å². The van der Waals surface area contributed by atoms with E-state index in [4.69, 9.17) is 9.84 Å². The summed E-state index contributed by atoms with van der Waals surface area (Å²) in [7, 11) is 1.64. The molecule has 0 unspecified atom stereocenters. The molecule has 5 nitrogen and oxygen atoms in total. The summed E-state index contributed by atoms with van der Waals surface area (Å²) in [6.45, 7) is 3.79. The van der Waals surface area contributed by atoms with E-state index >= 15 is 0 Å². The van der Waals surface area contributed by atoms with Crippen LogP contribution in [0.3, 0.4) is 0 Å². The number of benzene rings is 1. The smallest absolute Gasteiger partial charge is 0.347 e. The Kier molecular flexibility index (Phi) is 3.17. The normalized spacial score (nSPS) is 11.0. The van der Waals surface area contributed by atoms with Crippen LogP contribution in [-0.2, 0) is 0 Å². The Bertz CT molecular complexity index is 848. The van der Waals surface area contributed by atoms with Crippen molar-refractivity contribution < 1.29 is 14.6 Å². The monoisotopic (exact) mass is 302 g/mol. The largest absolute Gasteiger partial charge is 0.497 e. The topological polar surface area (TPSA) is 63.8 Å². The van der Waals surface area contributed by atoms with Crippen LogP contribution < -0.4 is 4.74 Å². The zero-order valence-electron chi connectivity index (χ0n) is 11.9. The molecular weight excluding hydrogens is 288 g/mol. The maximum atomic E-state index is 11.1. The molecule has 0 fully saturated rings. The molecule has 3 aromatic rings. The molecule has 0 spiro atoms. The molecule has 1 N–H and O–H groups in total. The van der Waals surface area contributed by atoms with Crippen molar-refractivity contribution in [3.05, 3.63) is 40.5 Å². The van der Waals surface area contributed by atoms with Crippen molar-refractivity contribution in [2.75, 3.05) is 7.11 Å². The molecule has 0 aliphatic carbocycles. The molecule has 3 rings (SSSR count). The first kappa shape index (κ1) is 13.6. The van der Waals surface area contributed by atoms with Crippen molar-refractivity contribution in [3.63, 3.8) is 0 Å². The van der Waals surface area contributed by atoms with Crippen LogP contribution in [0.2, 0.25) is 0 Å². The van der Waals surface area contributed by atoms with Crippen LogP contribution >= 0.6 is 11.3 Å². The SMILES string of the molecule is COc1ccc(-c2cn3c(C)c(C(=O)O)sc3n2)c(C)c1. The Morgan fingerprint density at radius 1 is 1.38 bits per heavy atom. The second kappa shape index (κ2) is 4.89. The molecule has 0 saturated heterocycles. The van der Waals surface area contributed by atoms with Gasteiger partial charge in [-0.25, -0.2) is 9.78 Å². The molecule has 0 aliphatic heterocycles. The van der Waals surface area contributed by atoms with Crippen molar-refractivity contribution in [1.29, 1.82) is 0 Å². The van der Waals surface area contributed by atoms with E-state index < -0.39 is 5.97 Å². The van der Waals surface area contributed by atoms with Gasteiger partial charge >= 0.3 is 5.97 Å². The molecule has 0 radical (unpaired) electrons. The minimum Gasteiger partial charge on any atom is -0.497 e. The lowest BCUT2D eigenvalue weighted by molar-refractivity contribution is 0.0701. The summed E-state index contributed by atoms with van der Waals surface area (Å²) in [5, 5.41) is 9.13. The van der Waals surface area contributed by atoms with E-state index in [0.29, 0.717) is 15.5 Å². The molecule has 2 aromatic heterocycles. The van der Waals surface area contributed by atoms with Gasteiger partial charge in [0, 0.05) is 17.5 Å². The number of hydrogen-bond acceptors (Lipinski definition) is 4. The van der Waals surface area contributed by atoms with Crippen molar-refractivity contribution in [2.24, 2.45) is 0 Å². The summed E-state index contributed by atoms with van der Waals surface area (Å²) in [4.78, 5) is 16.7. The Morgan fingerprint density at radius 3 is 2.71 bits per heavy atom. The lowest BCUT2D eigenvalue weighted by atomic mass is 10.1. The van der Waals surface area contributed by atoms with Crippen LogP contribution in [0.15, 0.2) is 24.4 Å². The quantitative estimate of drug-likeness (QED) is 0.805. The third kappa shape index (κ3) is 2.17. The van der Waals surface area contributed by atoms with E-state index in [-0.39, 0.29) is 0 Å². The number of ether oxygens (including phenoxy) is 1. The van der Waals surface area contributed by atoms with Crippen LogP contribution in [-0.4, -0.2) is 27.6 Å². The lowest BCUT2D eigenvalue weighted by Gasteiger charge is -2.05. The summed E-state index contributed by atoms with van der Waals surface area (Å²) in [6.07, 6.45) is 1.88. The molecular formula is C15H14N2O3S. The van der Waals surface area contributed by atoms with E-state index in [1.54, 1.807) is 14.0 Å². The van der Waals surface area contributed by atoms with Gasteiger partial charge in [-0.3, -0.25) is 4.40 Å². The Balaban J connectivity index is 2.12. The van der Waals surface area contributed by atoms with Gasteiger partial charge < -0.3 is 9.84 Å². The van der Waals surface area contributed by atoms with E-state index in [2.05, 4.69) is 4.98 Å². The summed E-state index contributed by atoms with van der Waals surface area (Å²) in [6, 6.07) is 5.82. The van der Waals surface area contributed by atoms with Crippen molar-refractivity contribution in [3.8, 4) is 17.0 Å². The van der Waals surface area contributed by atoms with Gasteiger partial charge in [-0.15, -0.1) is 0 Å². The van der Waals surface area contributed by atoms with Crippen molar-refractivity contribution >= 4 is 22.3 Å². The van der Waals surface area contributed by atoms with Gasteiger partial charge in [-0.1, -0.05) is 11.3 Å². The minimum atomic E-state index is -0.912. The minimum absolute atomic E-state index is 0.329. The number of imidazole rings is 1. The van der Waals surface area contributed by atoms with E-state index in [0.717, 1.165) is 22.6 Å². The van der Waals surface area contributed by atoms with E-state index in [1.807, 2.05) is 35.7 Å². The highest BCUT2D eigenvalue weighted by atomic mass is 32.1. The molecule has 1 aromatic carbocycles. The number of aryl methyl sites for hydroxylation is 2. The highest BCUT2D eigenvalue weighted by Gasteiger charge is 2.17. The third-order valence-electron chi connectivity index (χ3n) is 3.46. The summed E-state index contributed by atoms with van der Waals surface area (Å²) in [5.41, 5.74) is 3.62. The van der Waals surface area contributed by atoms with Crippen LogP contribution in [0.25, 0.3) is 16.2 Å². The number of carboxylic acids is 1. The predicted octanol–water partition coefficient (Wildman–Crippen LogP) is 3.39. The molecule has 0 bridgehead atoms. The maximum Gasteiger partial charge on any atom is 0.347 e. The van der Waals surface area contributed by atoms with Gasteiger partial charge in [0.2, 0.25) is 0 Å². The Morgan fingerprint density at radius 2 is 2.14 bits per heavy atom. The number of methoxy groups -OCH3 is 1. The van der Waals surface area contributed by atoms with Gasteiger partial charge in [-0.05, 0) is 37.6 Å². The number of aromatic carboxylic acids is 1. The molecule has 0 amide bonds. The number of aromatic nitrogens is 2. The lowest BCUT2D eigenvalue weighted by Crippen LogP contribution is -1.96. The summed E-state index contributed by atoms with van der Waals surface area (Å²) in [5.74, 6) is -0.105. The average molecular weight is 302 g/mol. The Hall–Kier alpha value is -2.34. The second-order valence-electron chi connectivity index (χ2n) is 4.78. The summed E-state index contributed by atoms with van der Waals surface area (Å²) >= 11 is 1.19. The zero-order valence-corrected chi connectivity index (χ0v) is 12.7. The van der Waals surface area contributed by atoms with Gasteiger partial charge in [0.05, 0.1) is 12.8 Å². The fourth-order valence-electron chi connectivity index (χ4n) is 2.33. The molecule has 0 saturated carbocycles. The van der Waals surface area contributed by atoms with Crippen LogP contribution in [0, 0.1) is 13.8 Å². The van der Waals surface area contributed by atoms with E-state index in [1.165, 1.54) is 11.3 Å². The van der Waals surface area contributed by atoms with Crippen molar-refractivity contribution in [2.45, 2.75) is 13.8 Å². The standard InChI is InChI=1S/C15H14N2O3S/c1-8-6-10(20-3)4-5-11(8)12-7-17-9(2)13(14(18)19)21-15(17)16-12/h4-7H,1-3H3,(H,18,19). The highest BCUT2D eigenvalue weighted by Crippen LogP contribution is 2.30. The third-order valence-corrected chi connectivity index (χ3v) is 4.61. The zero-order chi connectivity index (χ0) is 15.1. The number of thiazole rings is 1. The molecule has 108 valence electrons. The predicted molar refractivity (Wildman–Crippen MR) is 81.5 cm³/mol. The fraction of sp³-hybridized carbons (Fsp3) is 0.200. The fourth-order valence-corrected chi connectivity index (χ4v) is 3.28. The van der Waals surface area contributed by atoms with Crippen LogP contribution in [0.5, 0.6) is 5.75 Å². The number of rotatable bonds is 3. The van der Waals surface area contributed by atoms with Crippen LogP contribution in [0.4, 0.5) is 0 Å². The van der Waals surface area contributed by atoms with Gasteiger partial charge in [0.25, 0.3) is 0 Å². The first-order valence-corrected chi connectivity index (χ1v) is 7.19. The highest BCUT2D eigenvalue weighted by molar-refractivity contribution is 7.19.